The minimum Gasteiger partial charge on any atom is -0.393 e. The van der Waals surface area contributed by atoms with E-state index in [0.717, 1.165) is 25.2 Å². The molecule has 13 heavy (non-hydrogen) atoms. The number of hydrogen-bond donors (Lipinski definition) is 1. The Kier molecular flexibility index (Phi) is 8.53. The third-order valence-corrected chi connectivity index (χ3v) is 2.77. The van der Waals surface area contributed by atoms with Crippen LogP contribution in [0.4, 0.5) is 0 Å². The van der Waals surface area contributed by atoms with Crippen molar-refractivity contribution < 1.29 is 5.11 Å². The summed E-state index contributed by atoms with van der Waals surface area (Å²) in [5, 5.41) is 9.65. The molecule has 0 spiro atoms. The van der Waals surface area contributed by atoms with Crippen molar-refractivity contribution >= 4 is 0 Å². The van der Waals surface area contributed by atoms with Crippen LogP contribution in [0.5, 0.6) is 0 Å². The molecule has 0 rings (SSSR count). The van der Waals surface area contributed by atoms with Crippen molar-refractivity contribution in [1.29, 1.82) is 0 Å². The van der Waals surface area contributed by atoms with Crippen molar-refractivity contribution in [2.45, 2.75) is 71.8 Å². The molecule has 0 aliphatic heterocycles. The zero-order valence-corrected chi connectivity index (χ0v) is 9.55. The summed E-state index contributed by atoms with van der Waals surface area (Å²) in [5.74, 6) is 0.751. The molecule has 0 bridgehead atoms. The Hall–Kier alpha value is -0.0400. The largest absolute Gasteiger partial charge is 0.393 e. The highest BCUT2D eigenvalue weighted by Crippen LogP contribution is 2.20. The van der Waals surface area contributed by atoms with Crippen LogP contribution in [0.15, 0.2) is 0 Å². The van der Waals surface area contributed by atoms with E-state index in [1.165, 1.54) is 25.7 Å². The monoisotopic (exact) mass is 186 g/mol. The van der Waals surface area contributed by atoms with Gasteiger partial charge in [0.15, 0.2) is 0 Å². The molecule has 2 unspecified atom stereocenters. The van der Waals surface area contributed by atoms with E-state index in [4.69, 9.17) is 0 Å². The van der Waals surface area contributed by atoms with Gasteiger partial charge in [0.25, 0.3) is 0 Å². The normalized spacial score (nSPS) is 15.7. The molecule has 0 saturated heterocycles. The molecule has 0 aliphatic carbocycles. The SMILES string of the molecule is CCCCC(CC)CC(O)CCC. The van der Waals surface area contributed by atoms with E-state index in [2.05, 4.69) is 20.8 Å². The first-order valence-electron chi connectivity index (χ1n) is 5.92. The summed E-state index contributed by atoms with van der Waals surface area (Å²) in [4.78, 5) is 0. The maximum absolute atomic E-state index is 9.65. The zero-order chi connectivity index (χ0) is 10.1. The summed E-state index contributed by atoms with van der Waals surface area (Å²) in [6.45, 7) is 6.60. The van der Waals surface area contributed by atoms with Gasteiger partial charge in [-0.1, -0.05) is 52.9 Å². The molecule has 0 fully saturated rings. The second-order valence-electron chi connectivity index (χ2n) is 4.09. The van der Waals surface area contributed by atoms with Gasteiger partial charge < -0.3 is 5.11 Å². The summed E-state index contributed by atoms with van der Waals surface area (Å²) in [7, 11) is 0. The van der Waals surface area contributed by atoms with E-state index < -0.39 is 0 Å². The van der Waals surface area contributed by atoms with E-state index in [-0.39, 0.29) is 6.10 Å². The van der Waals surface area contributed by atoms with Crippen LogP contribution in [0.25, 0.3) is 0 Å². The lowest BCUT2D eigenvalue weighted by molar-refractivity contribution is 0.128. The van der Waals surface area contributed by atoms with Crippen molar-refractivity contribution in [3.05, 3.63) is 0 Å². The highest BCUT2D eigenvalue weighted by atomic mass is 16.3. The van der Waals surface area contributed by atoms with E-state index in [1.54, 1.807) is 0 Å². The second kappa shape index (κ2) is 8.55. The molecule has 0 saturated carbocycles. The first kappa shape index (κ1) is 13.0. The standard InChI is InChI=1S/C12H26O/c1-4-7-9-11(6-3)10-12(13)8-5-2/h11-13H,4-10H2,1-3H3. The van der Waals surface area contributed by atoms with Gasteiger partial charge in [0.2, 0.25) is 0 Å². The van der Waals surface area contributed by atoms with Crippen molar-refractivity contribution in [1.82, 2.24) is 0 Å². The summed E-state index contributed by atoms with van der Waals surface area (Å²) in [5.41, 5.74) is 0. The first-order chi connectivity index (χ1) is 6.24. The predicted molar refractivity (Wildman–Crippen MR) is 58.8 cm³/mol. The van der Waals surface area contributed by atoms with Gasteiger partial charge in [-0.2, -0.15) is 0 Å². The van der Waals surface area contributed by atoms with Crippen molar-refractivity contribution in [2.75, 3.05) is 0 Å². The van der Waals surface area contributed by atoms with Crippen LogP contribution in [0.1, 0.15) is 65.7 Å². The molecule has 1 N–H and O–H groups in total. The third-order valence-electron chi connectivity index (χ3n) is 2.77. The average Bonchev–Trinajstić information content (AvgIpc) is 2.12. The fourth-order valence-corrected chi connectivity index (χ4v) is 1.82. The Morgan fingerprint density at radius 1 is 1.00 bits per heavy atom. The van der Waals surface area contributed by atoms with Gasteiger partial charge in [-0.25, -0.2) is 0 Å². The molecule has 2 atom stereocenters. The summed E-state index contributed by atoms with van der Waals surface area (Å²) < 4.78 is 0. The Balaban J connectivity index is 3.56. The lowest BCUT2D eigenvalue weighted by Crippen LogP contribution is -2.12. The summed E-state index contributed by atoms with van der Waals surface area (Å²) >= 11 is 0. The van der Waals surface area contributed by atoms with Gasteiger partial charge in [0.1, 0.15) is 0 Å². The van der Waals surface area contributed by atoms with Crippen LogP contribution < -0.4 is 0 Å². The predicted octanol–water partition coefficient (Wildman–Crippen LogP) is 3.75. The average molecular weight is 186 g/mol. The highest BCUT2D eigenvalue weighted by molar-refractivity contribution is 4.63. The van der Waals surface area contributed by atoms with Gasteiger partial charge >= 0.3 is 0 Å². The summed E-state index contributed by atoms with van der Waals surface area (Å²) in [6, 6.07) is 0. The Morgan fingerprint density at radius 2 is 1.69 bits per heavy atom. The smallest absolute Gasteiger partial charge is 0.0542 e. The van der Waals surface area contributed by atoms with Crippen molar-refractivity contribution in [3.63, 3.8) is 0 Å². The van der Waals surface area contributed by atoms with Crippen molar-refractivity contribution in [2.24, 2.45) is 5.92 Å². The van der Waals surface area contributed by atoms with E-state index in [0.29, 0.717) is 0 Å². The maximum atomic E-state index is 9.65. The molecule has 1 nitrogen and oxygen atoms in total. The number of aliphatic hydroxyl groups is 1. The topological polar surface area (TPSA) is 20.2 Å². The fourth-order valence-electron chi connectivity index (χ4n) is 1.82. The second-order valence-corrected chi connectivity index (χ2v) is 4.09. The minimum atomic E-state index is -0.0493. The Bertz CT molecular complexity index is 101. The molecular weight excluding hydrogens is 160 g/mol. The van der Waals surface area contributed by atoms with E-state index >= 15 is 0 Å². The van der Waals surface area contributed by atoms with Crippen LogP contribution in [0.3, 0.4) is 0 Å². The zero-order valence-electron chi connectivity index (χ0n) is 9.55. The molecule has 1 heteroatoms. The first-order valence-corrected chi connectivity index (χ1v) is 5.92. The molecule has 0 aromatic heterocycles. The van der Waals surface area contributed by atoms with E-state index in [1.807, 2.05) is 0 Å². The minimum absolute atomic E-state index is 0.0493. The molecular formula is C12H26O. The Morgan fingerprint density at radius 3 is 2.15 bits per heavy atom. The summed E-state index contributed by atoms with van der Waals surface area (Å²) in [6.07, 6.45) is 8.16. The van der Waals surface area contributed by atoms with E-state index in [9.17, 15) is 5.11 Å². The Labute approximate surface area is 83.5 Å². The molecule has 0 aromatic carbocycles. The number of aliphatic hydroxyl groups excluding tert-OH is 1. The molecule has 0 aromatic rings. The lowest BCUT2D eigenvalue weighted by atomic mass is 9.92. The highest BCUT2D eigenvalue weighted by Gasteiger charge is 2.11. The number of unbranched alkanes of at least 4 members (excludes halogenated alkanes) is 1. The van der Waals surface area contributed by atoms with Crippen molar-refractivity contribution in [3.8, 4) is 0 Å². The third kappa shape index (κ3) is 7.06. The lowest BCUT2D eigenvalue weighted by Gasteiger charge is -2.18. The molecule has 0 radical (unpaired) electrons. The van der Waals surface area contributed by atoms with Crippen LogP contribution >= 0.6 is 0 Å². The number of rotatable bonds is 8. The van der Waals surface area contributed by atoms with Gasteiger partial charge in [0, 0.05) is 0 Å². The van der Waals surface area contributed by atoms with Crippen LogP contribution in [0, 0.1) is 5.92 Å². The quantitative estimate of drug-likeness (QED) is 0.612. The van der Waals surface area contributed by atoms with Gasteiger partial charge in [-0.15, -0.1) is 0 Å². The number of hydrogen-bond acceptors (Lipinski definition) is 1. The van der Waals surface area contributed by atoms with Crippen LogP contribution in [-0.2, 0) is 0 Å². The molecule has 0 aliphatic rings. The van der Waals surface area contributed by atoms with Gasteiger partial charge in [0.05, 0.1) is 6.10 Å². The van der Waals surface area contributed by atoms with Gasteiger partial charge in [-0.3, -0.25) is 0 Å². The molecule has 0 heterocycles. The molecule has 80 valence electrons. The van der Waals surface area contributed by atoms with Crippen LogP contribution in [0.2, 0.25) is 0 Å². The van der Waals surface area contributed by atoms with Crippen LogP contribution in [-0.4, -0.2) is 11.2 Å². The fraction of sp³-hybridized carbons (Fsp3) is 1.00. The molecule has 0 amide bonds. The van der Waals surface area contributed by atoms with Gasteiger partial charge in [-0.05, 0) is 18.8 Å². The maximum Gasteiger partial charge on any atom is 0.0542 e.